The number of hydrogen-bond donors (Lipinski definition) is 3. The number of ether oxygens (including phenoxy) is 1. The molecule has 2 aromatic rings. The molecule has 0 aliphatic carbocycles. The quantitative estimate of drug-likeness (QED) is 0.754. The lowest BCUT2D eigenvalue weighted by Crippen LogP contribution is -2.24. The molecule has 1 aromatic heterocycles. The van der Waals surface area contributed by atoms with Crippen LogP contribution >= 0.6 is 13.5 Å². The summed E-state index contributed by atoms with van der Waals surface area (Å²) < 4.78 is 5.22. The van der Waals surface area contributed by atoms with Gasteiger partial charge in [-0.1, -0.05) is 13.3 Å². The summed E-state index contributed by atoms with van der Waals surface area (Å²) in [4.78, 5) is 8.44. The fourth-order valence-corrected chi connectivity index (χ4v) is 2.11. The predicted molar refractivity (Wildman–Crippen MR) is 90.3 cm³/mol. The van der Waals surface area contributed by atoms with Crippen LogP contribution in [0.1, 0.15) is 19.8 Å². The SMILES string of the molecule is CCC[C@@H](CO)Nc1nc(N)nc2ccc(OC)cc12.S. The number of aliphatic hydroxyl groups excluding tert-OH is 1. The Labute approximate surface area is 131 Å². The number of hydrogen-bond acceptors (Lipinski definition) is 6. The first-order valence-electron chi connectivity index (χ1n) is 6.66. The number of rotatable bonds is 6. The molecule has 0 unspecified atom stereocenters. The number of aromatic nitrogens is 2. The van der Waals surface area contributed by atoms with Crippen LogP contribution in [0.2, 0.25) is 0 Å². The molecule has 1 atom stereocenters. The van der Waals surface area contributed by atoms with E-state index in [9.17, 15) is 5.11 Å². The van der Waals surface area contributed by atoms with Gasteiger partial charge in [0.15, 0.2) is 0 Å². The van der Waals surface area contributed by atoms with Gasteiger partial charge in [0.2, 0.25) is 5.95 Å². The number of aliphatic hydroxyl groups is 1. The lowest BCUT2D eigenvalue weighted by molar-refractivity contribution is 0.268. The normalized spacial score (nSPS) is 11.8. The molecule has 0 aliphatic heterocycles. The van der Waals surface area contributed by atoms with Crippen molar-refractivity contribution >= 4 is 36.2 Å². The second-order valence-electron chi connectivity index (χ2n) is 4.63. The van der Waals surface area contributed by atoms with Crippen molar-refractivity contribution in [3.05, 3.63) is 18.2 Å². The summed E-state index contributed by atoms with van der Waals surface area (Å²) in [7, 11) is 1.61. The van der Waals surface area contributed by atoms with Crippen LogP contribution in [0.5, 0.6) is 5.75 Å². The van der Waals surface area contributed by atoms with Gasteiger partial charge >= 0.3 is 0 Å². The molecular weight excluding hydrogens is 288 g/mol. The molecule has 1 heterocycles. The average Bonchev–Trinajstić information content (AvgIpc) is 2.46. The summed E-state index contributed by atoms with van der Waals surface area (Å²) in [5.74, 6) is 1.56. The average molecular weight is 310 g/mol. The minimum atomic E-state index is -0.0521. The van der Waals surface area contributed by atoms with Gasteiger partial charge in [-0.3, -0.25) is 0 Å². The number of fused-ring (bicyclic) bond motifs is 1. The third kappa shape index (κ3) is 4.12. The lowest BCUT2D eigenvalue weighted by atomic mass is 10.1. The van der Waals surface area contributed by atoms with Gasteiger partial charge in [-0.05, 0) is 24.6 Å². The Hall–Kier alpha value is -1.73. The zero-order valence-corrected chi connectivity index (χ0v) is 13.3. The summed E-state index contributed by atoms with van der Waals surface area (Å²) >= 11 is 0. The Morgan fingerprint density at radius 3 is 2.76 bits per heavy atom. The van der Waals surface area contributed by atoms with E-state index in [4.69, 9.17) is 10.5 Å². The molecule has 0 radical (unpaired) electrons. The van der Waals surface area contributed by atoms with E-state index in [0.717, 1.165) is 29.5 Å². The maximum absolute atomic E-state index is 9.40. The van der Waals surface area contributed by atoms with Crippen molar-refractivity contribution in [2.45, 2.75) is 25.8 Å². The first kappa shape index (κ1) is 17.3. The molecule has 0 saturated carbocycles. The highest BCUT2D eigenvalue weighted by molar-refractivity contribution is 7.59. The third-order valence-electron chi connectivity index (χ3n) is 3.12. The van der Waals surface area contributed by atoms with Crippen molar-refractivity contribution in [3.63, 3.8) is 0 Å². The molecule has 0 amide bonds. The molecule has 1 aromatic carbocycles. The Morgan fingerprint density at radius 1 is 1.38 bits per heavy atom. The molecule has 0 saturated heterocycles. The van der Waals surface area contributed by atoms with E-state index in [-0.39, 0.29) is 32.1 Å². The van der Waals surface area contributed by atoms with Gasteiger partial charge in [0.1, 0.15) is 11.6 Å². The van der Waals surface area contributed by atoms with Gasteiger partial charge in [0.05, 0.1) is 25.3 Å². The van der Waals surface area contributed by atoms with Gasteiger partial charge in [0, 0.05) is 5.39 Å². The van der Waals surface area contributed by atoms with Gasteiger partial charge < -0.3 is 20.9 Å². The highest BCUT2D eigenvalue weighted by Gasteiger charge is 2.12. The van der Waals surface area contributed by atoms with Crippen LogP contribution in [0.15, 0.2) is 18.2 Å². The lowest BCUT2D eigenvalue weighted by Gasteiger charge is -2.17. The predicted octanol–water partition coefficient (Wildman–Crippen LogP) is 1.91. The van der Waals surface area contributed by atoms with E-state index < -0.39 is 0 Å². The molecule has 0 spiro atoms. The van der Waals surface area contributed by atoms with E-state index in [1.54, 1.807) is 7.11 Å². The van der Waals surface area contributed by atoms with E-state index in [0.29, 0.717) is 5.82 Å². The Kier molecular flexibility index (Phi) is 6.51. The van der Waals surface area contributed by atoms with Gasteiger partial charge in [-0.2, -0.15) is 18.5 Å². The van der Waals surface area contributed by atoms with Crippen molar-refractivity contribution in [1.29, 1.82) is 0 Å². The van der Waals surface area contributed by atoms with Crippen LogP contribution in [-0.2, 0) is 0 Å². The maximum Gasteiger partial charge on any atom is 0.222 e. The topological polar surface area (TPSA) is 93.3 Å². The first-order chi connectivity index (χ1) is 9.67. The molecule has 116 valence electrons. The van der Waals surface area contributed by atoms with E-state index in [2.05, 4.69) is 22.2 Å². The zero-order valence-electron chi connectivity index (χ0n) is 12.3. The number of nitrogens with two attached hydrogens (primary N) is 1. The monoisotopic (exact) mass is 310 g/mol. The van der Waals surface area contributed by atoms with Crippen LogP contribution in [0.4, 0.5) is 11.8 Å². The number of anilines is 2. The van der Waals surface area contributed by atoms with Crippen LogP contribution < -0.4 is 15.8 Å². The Morgan fingerprint density at radius 2 is 2.14 bits per heavy atom. The molecular formula is C14H22N4O2S. The third-order valence-corrected chi connectivity index (χ3v) is 3.12. The van der Waals surface area contributed by atoms with Crippen LogP contribution in [-0.4, -0.2) is 34.8 Å². The van der Waals surface area contributed by atoms with E-state index >= 15 is 0 Å². The minimum Gasteiger partial charge on any atom is -0.497 e. The summed E-state index contributed by atoms with van der Waals surface area (Å²) in [6.07, 6.45) is 1.83. The minimum absolute atomic E-state index is 0. The van der Waals surface area contributed by atoms with Crippen molar-refractivity contribution in [3.8, 4) is 5.75 Å². The number of methoxy groups -OCH3 is 1. The summed E-state index contributed by atoms with van der Waals surface area (Å²) in [6.45, 7) is 2.11. The molecule has 6 nitrogen and oxygen atoms in total. The molecule has 0 aliphatic rings. The zero-order chi connectivity index (χ0) is 14.5. The van der Waals surface area contributed by atoms with Crippen LogP contribution in [0.25, 0.3) is 10.9 Å². The van der Waals surface area contributed by atoms with E-state index in [1.807, 2.05) is 18.2 Å². The molecule has 2 rings (SSSR count). The molecule has 0 bridgehead atoms. The van der Waals surface area contributed by atoms with Crippen LogP contribution in [0.3, 0.4) is 0 Å². The van der Waals surface area contributed by atoms with Crippen molar-refractivity contribution in [2.24, 2.45) is 0 Å². The van der Waals surface area contributed by atoms with E-state index in [1.165, 1.54) is 0 Å². The van der Waals surface area contributed by atoms with Crippen molar-refractivity contribution in [2.75, 3.05) is 24.8 Å². The van der Waals surface area contributed by atoms with Crippen LogP contribution in [0, 0.1) is 0 Å². The van der Waals surface area contributed by atoms with Crippen molar-refractivity contribution in [1.82, 2.24) is 9.97 Å². The Bertz CT molecular complexity index is 594. The standard InChI is InChI=1S/C14H20N4O2.H2S/c1-3-4-9(8-19)16-13-11-7-10(20-2)5-6-12(11)17-14(15)18-13;/h5-7,9,19H,3-4,8H2,1-2H3,(H3,15,16,17,18);1H2/t9-;/m0./s1. The first-order valence-corrected chi connectivity index (χ1v) is 6.66. The largest absolute Gasteiger partial charge is 0.497 e. The molecule has 0 fully saturated rings. The molecule has 21 heavy (non-hydrogen) atoms. The number of nitrogens with zero attached hydrogens (tertiary/aromatic N) is 2. The van der Waals surface area contributed by atoms with Gasteiger partial charge in [0.25, 0.3) is 0 Å². The maximum atomic E-state index is 9.40. The summed E-state index contributed by atoms with van der Waals surface area (Å²) in [5.41, 5.74) is 6.47. The van der Waals surface area contributed by atoms with Crippen molar-refractivity contribution < 1.29 is 9.84 Å². The fourth-order valence-electron chi connectivity index (χ4n) is 2.11. The second-order valence-corrected chi connectivity index (χ2v) is 4.63. The highest BCUT2D eigenvalue weighted by Crippen LogP contribution is 2.26. The fraction of sp³-hybridized carbons (Fsp3) is 0.429. The second kappa shape index (κ2) is 7.90. The summed E-state index contributed by atoms with van der Waals surface area (Å²) in [6, 6.07) is 5.47. The smallest absolute Gasteiger partial charge is 0.222 e. The van der Waals surface area contributed by atoms with Gasteiger partial charge in [-0.25, -0.2) is 4.98 Å². The highest BCUT2D eigenvalue weighted by atomic mass is 32.1. The molecule has 7 heteroatoms. The number of nitrogens with one attached hydrogen (secondary N) is 1. The summed E-state index contributed by atoms with van der Waals surface area (Å²) in [5, 5.41) is 13.5. The van der Waals surface area contributed by atoms with Gasteiger partial charge in [-0.15, -0.1) is 0 Å². The number of benzene rings is 1. The number of nitrogen functional groups attached to an aromatic ring is 1. The molecule has 4 N–H and O–H groups in total. The Balaban J connectivity index is 0.00000220.